The number of rotatable bonds is 23. The highest BCUT2D eigenvalue weighted by Gasteiger charge is 2.35. The van der Waals surface area contributed by atoms with Crippen LogP contribution in [0.1, 0.15) is 84.9 Å². The molecule has 2 aliphatic rings. The lowest BCUT2D eigenvalue weighted by Gasteiger charge is -2.26. The molecule has 0 bridgehead atoms. The number of hydrogen-bond acceptors (Lipinski definition) is 18. The first-order valence-electron chi connectivity index (χ1n) is 20.3. The average molecular weight is 869 g/mol. The average Bonchev–Trinajstić information content (AvgIpc) is 3.28. The first-order valence-corrected chi connectivity index (χ1v) is 20.3. The third kappa shape index (κ3) is 15.1. The van der Waals surface area contributed by atoms with Crippen LogP contribution in [0.15, 0.2) is 49.1 Å². The molecule has 0 saturated heterocycles. The van der Waals surface area contributed by atoms with Gasteiger partial charge in [0.1, 0.15) is 47.3 Å². The third-order valence-corrected chi connectivity index (χ3v) is 10.2. The Morgan fingerprint density at radius 3 is 1.40 bits per heavy atom. The van der Waals surface area contributed by atoms with Crippen molar-refractivity contribution in [2.24, 2.45) is 23.7 Å². The second-order valence-corrected chi connectivity index (χ2v) is 14.4. The van der Waals surface area contributed by atoms with Crippen molar-refractivity contribution >= 4 is 48.3 Å². The van der Waals surface area contributed by atoms with Gasteiger partial charge in [0.25, 0.3) is 6.47 Å². The molecule has 2 aromatic carbocycles. The summed E-state index contributed by atoms with van der Waals surface area (Å²) in [5.74, 6) is -6.67. The van der Waals surface area contributed by atoms with E-state index in [9.17, 15) is 38.4 Å². The van der Waals surface area contributed by atoms with E-state index in [0.717, 1.165) is 6.08 Å². The van der Waals surface area contributed by atoms with Crippen molar-refractivity contribution in [3.8, 4) is 23.0 Å². The summed E-state index contributed by atoms with van der Waals surface area (Å²) in [5, 5.41) is 0. The number of methoxy groups -OCH3 is 2. The summed E-state index contributed by atoms with van der Waals surface area (Å²) in [6.45, 7) is 3.96. The number of carbonyl (C=O) groups is 8. The number of unbranched alkanes of at least 4 members (excludes halogenated alkanes) is 1. The zero-order valence-corrected chi connectivity index (χ0v) is 34.8. The molecule has 0 radical (unpaired) electrons. The Morgan fingerprint density at radius 2 is 0.952 bits per heavy atom. The molecule has 0 aromatic heterocycles. The lowest BCUT2D eigenvalue weighted by molar-refractivity contribution is -0.152. The molecule has 336 valence electrons. The summed E-state index contributed by atoms with van der Waals surface area (Å²) in [7, 11) is 2.87. The molecule has 0 N–H and O–H groups in total. The Morgan fingerprint density at radius 1 is 0.532 bits per heavy atom. The maximum atomic E-state index is 13.4. The van der Waals surface area contributed by atoms with E-state index >= 15 is 0 Å². The molecule has 4 rings (SSSR count). The molecule has 0 heterocycles. The highest BCUT2D eigenvalue weighted by atomic mass is 16.6. The summed E-state index contributed by atoms with van der Waals surface area (Å²) in [5.41, 5.74) is -0.301. The molecular formula is C44H52O18. The fourth-order valence-corrected chi connectivity index (χ4v) is 6.74. The smallest absolute Gasteiger partial charge is 0.342 e. The lowest BCUT2D eigenvalue weighted by Crippen LogP contribution is -2.31. The minimum atomic E-state index is -0.848. The molecule has 2 aliphatic carbocycles. The lowest BCUT2D eigenvalue weighted by atomic mass is 9.82. The van der Waals surface area contributed by atoms with Crippen LogP contribution in [0.25, 0.3) is 0 Å². The van der Waals surface area contributed by atoms with Crippen molar-refractivity contribution < 1.29 is 85.7 Å². The number of benzene rings is 2. The number of ether oxygens (including phenoxy) is 10. The van der Waals surface area contributed by atoms with Crippen LogP contribution in [0.4, 0.5) is 0 Å². The van der Waals surface area contributed by atoms with Crippen LogP contribution < -0.4 is 18.9 Å². The van der Waals surface area contributed by atoms with E-state index in [1.807, 2.05) is 0 Å². The fourth-order valence-electron chi connectivity index (χ4n) is 6.74. The topological polar surface area (TPSA) is 229 Å². The Bertz CT molecular complexity index is 1890. The standard InChI is InChI=1S/C44H52O18/c1-4-38(46)55-19-5-6-20-56-39(47)28-7-9-29(10-8-28)40(48)60-33-16-18-37(35(26-33)44(52)58-24-22-54-3)62-42(50)31-13-11-30(12-14-31)41(49)61-36-17-15-32(59-27-45)25-34(36)43(51)57-23-21-53-2/h4,15-18,25-31H,1,5-14,19-24H2,2-3H3. The number of carbonyl (C=O) groups excluding carboxylic acids is 8. The van der Waals surface area contributed by atoms with Crippen LogP contribution in [0.2, 0.25) is 0 Å². The second-order valence-electron chi connectivity index (χ2n) is 14.4. The van der Waals surface area contributed by atoms with Gasteiger partial charge in [0.2, 0.25) is 0 Å². The first-order chi connectivity index (χ1) is 30.0. The Balaban J connectivity index is 1.31. The zero-order chi connectivity index (χ0) is 44.9. The van der Waals surface area contributed by atoms with Crippen molar-refractivity contribution in [3.63, 3.8) is 0 Å². The summed E-state index contributed by atoms with van der Waals surface area (Å²) in [6.07, 6.45) is 4.73. The van der Waals surface area contributed by atoms with E-state index in [0.29, 0.717) is 38.5 Å². The van der Waals surface area contributed by atoms with Crippen molar-refractivity contribution in [2.75, 3.05) is 53.9 Å². The summed E-state index contributed by atoms with van der Waals surface area (Å²) >= 11 is 0. The highest BCUT2D eigenvalue weighted by molar-refractivity contribution is 5.95. The molecule has 2 saturated carbocycles. The van der Waals surface area contributed by atoms with Gasteiger partial charge in [0.15, 0.2) is 0 Å². The highest BCUT2D eigenvalue weighted by Crippen LogP contribution is 2.35. The van der Waals surface area contributed by atoms with Gasteiger partial charge in [-0.3, -0.25) is 24.0 Å². The quantitative estimate of drug-likeness (QED) is 0.0361. The number of esters is 7. The van der Waals surface area contributed by atoms with E-state index in [4.69, 9.17) is 47.4 Å². The minimum Gasteiger partial charge on any atom is -0.465 e. The summed E-state index contributed by atoms with van der Waals surface area (Å²) < 4.78 is 52.3. The van der Waals surface area contributed by atoms with Crippen molar-refractivity contribution in [1.29, 1.82) is 0 Å². The molecule has 0 amide bonds. The predicted molar refractivity (Wildman–Crippen MR) is 213 cm³/mol. The molecule has 18 nitrogen and oxygen atoms in total. The molecule has 0 atom stereocenters. The van der Waals surface area contributed by atoms with Gasteiger partial charge in [-0.2, -0.15) is 0 Å². The Hall–Kier alpha value is -6.14. The van der Waals surface area contributed by atoms with Crippen molar-refractivity contribution in [2.45, 2.75) is 64.2 Å². The van der Waals surface area contributed by atoms with Crippen molar-refractivity contribution in [3.05, 3.63) is 60.2 Å². The van der Waals surface area contributed by atoms with Crippen LogP contribution in [-0.2, 0) is 57.2 Å². The van der Waals surface area contributed by atoms with Gasteiger partial charge >= 0.3 is 41.8 Å². The molecule has 0 unspecified atom stereocenters. The van der Waals surface area contributed by atoms with E-state index in [1.54, 1.807) is 0 Å². The normalized spacial score (nSPS) is 18.2. The maximum Gasteiger partial charge on any atom is 0.342 e. The van der Waals surface area contributed by atoms with E-state index in [-0.39, 0.29) is 118 Å². The second kappa shape index (κ2) is 25.6. The molecule has 2 fully saturated rings. The Labute approximate surface area is 358 Å². The maximum absolute atomic E-state index is 13.4. The Kier molecular flexibility index (Phi) is 20.0. The van der Waals surface area contributed by atoms with Gasteiger partial charge in [-0.05, 0) is 101 Å². The van der Waals surface area contributed by atoms with Crippen LogP contribution in [-0.4, -0.2) is 102 Å². The SMILES string of the molecule is C=CC(=O)OCCCCOC(=O)C1CCC(C(=O)Oc2ccc(OC(=O)C3CCC(C(=O)Oc4ccc(OC=O)cc4C(=O)OCCOC)CC3)c(C(=O)OCCOC)c2)CC1. The van der Waals surface area contributed by atoms with Gasteiger partial charge < -0.3 is 47.4 Å². The molecule has 2 aromatic rings. The van der Waals surface area contributed by atoms with Crippen LogP contribution >= 0.6 is 0 Å². The van der Waals surface area contributed by atoms with Crippen molar-refractivity contribution in [1.82, 2.24) is 0 Å². The van der Waals surface area contributed by atoms with Crippen LogP contribution in [0, 0.1) is 23.7 Å². The molecule has 62 heavy (non-hydrogen) atoms. The minimum absolute atomic E-state index is 0.0186. The van der Waals surface area contributed by atoms with Gasteiger partial charge in [-0.15, -0.1) is 0 Å². The van der Waals surface area contributed by atoms with Crippen LogP contribution in [0.5, 0.6) is 23.0 Å². The van der Waals surface area contributed by atoms with Gasteiger partial charge in [-0.1, -0.05) is 6.58 Å². The van der Waals surface area contributed by atoms with E-state index in [2.05, 4.69) is 6.58 Å². The number of hydrogen-bond donors (Lipinski definition) is 0. The monoisotopic (exact) mass is 868 g/mol. The molecule has 0 aliphatic heterocycles. The largest absolute Gasteiger partial charge is 0.465 e. The molecular weight excluding hydrogens is 816 g/mol. The predicted octanol–water partition coefficient (Wildman–Crippen LogP) is 4.91. The fraction of sp³-hybridized carbons (Fsp3) is 0.500. The van der Waals surface area contributed by atoms with E-state index in [1.165, 1.54) is 50.6 Å². The summed E-state index contributed by atoms with van der Waals surface area (Å²) in [4.78, 5) is 100. The summed E-state index contributed by atoms with van der Waals surface area (Å²) in [6, 6.07) is 7.84. The molecule has 0 spiro atoms. The first kappa shape index (κ1) is 48.5. The van der Waals surface area contributed by atoms with Gasteiger partial charge in [0.05, 0.1) is 50.1 Å². The third-order valence-electron chi connectivity index (χ3n) is 10.2. The molecule has 18 heteroatoms. The van der Waals surface area contributed by atoms with Crippen LogP contribution in [0.3, 0.4) is 0 Å². The van der Waals surface area contributed by atoms with Gasteiger partial charge in [0, 0.05) is 20.3 Å². The van der Waals surface area contributed by atoms with E-state index < -0.39 is 53.6 Å². The zero-order valence-electron chi connectivity index (χ0n) is 34.8. The van der Waals surface area contributed by atoms with Gasteiger partial charge in [-0.25, -0.2) is 14.4 Å².